The van der Waals surface area contributed by atoms with Gasteiger partial charge in [-0.1, -0.05) is 28.1 Å². The first-order valence-electron chi connectivity index (χ1n) is 5.83. The molecule has 1 aromatic carbocycles. The van der Waals surface area contributed by atoms with Crippen molar-refractivity contribution < 1.29 is 13.5 Å². The van der Waals surface area contributed by atoms with E-state index in [1.807, 2.05) is 0 Å². The van der Waals surface area contributed by atoms with Gasteiger partial charge in [-0.2, -0.15) is 0 Å². The SMILES string of the molecule is Fc1cccc(CC(Br)C2CCOCC2)c1F. The Labute approximate surface area is 108 Å². The first-order chi connectivity index (χ1) is 8.18. The highest BCUT2D eigenvalue weighted by molar-refractivity contribution is 9.09. The molecule has 1 aliphatic heterocycles. The molecule has 1 atom stereocenters. The van der Waals surface area contributed by atoms with E-state index in [0.29, 0.717) is 17.9 Å². The Morgan fingerprint density at radius 1 is 1.29 bits per heavy atom. The second kappa shape index (κ2) is 5.91. The molecular weight excluding hydrogens is 290 g/mol. The number of hydrogen-bond acceptors (Lipinski definition) is 1. The van der Waals surface area contributed by atoms with Crippen molar-refractivity contribution in [1.29, 1.82) is 0 Å². The van der Waals surface area contributed by atoms with E-state index in [1.165, 1.54) is 0 Å². The molecule has 94 valence electrons. The third-order valence-corrected chi connectivity index (χ3v) is 4.30. The van der Waals surface area contributed by atoms with E-state index in [1.54, 1.807) is 12.1 Å². The van der Waals surface area contributed by atoms with Gasteiger partial charge in [-0.25, -0.2) is 8.78 Å². The smallest absolute Gasteiger partial charge is 0.162 e. The number of hydrogen-bond donors (Lipinski definition) is 0. The molecule has 1 fully saturated rings. The normalized spacial score (nSPS) is 19.2. The average molecular weight is 305 g/mol. The van der Waals surface area contributed by atoms with Gasteiger partial charge in [0, 0.05) is 18.0 Å². The highest BCUT2D eigenvalue weighted by atomic mass is 79.9. The second-order valence-corrected chi connectivity index (χ2v) is 5.56. The zero-order valence-electron chi connectivity index (χ0n) is 9.46. The minimum atomic E-state index is -0.769. The highest BCUT2D eigenvalue weighted by Gasteiger charge is 2.23. The van der Waals surface area contributed by atoms with Gasteiger partial charge < -0.3 is 4.74 Å². The van der Waals surface area contributed by atoms with E-state index in [9.17, 15) is 8.78 Å². The molecule has 0 spiro atoms. The molecule has 1 nitrogen and oxygen atoms in total. The molecule has 2 rings (SSSR count). The summed E-state index contributed by atoms with van der Waals surface area (Å²) in [6, 6.07) is 4.35. The minimum absolute atomic E-state index is 0.183. The molecule has 0 amide bonds. The molecule has 0 bridgehead atoms. The summed E-state index contributed by atoms with van der Waals surface area (Å²) in [5.41, 5.74) is 0.443. The predicted octanol–water partition coefficient (Wildman–Crippen LogP) is 3.70. The Balaban J connectivity index is 2.01. The monoisotopic (exact) mass is 304 g/mol. The predicted molar refractivity (Wildman–Crippen MR) is 66.3 cm³/mol. The Morgan fingerprint density at radius 3 is 2.71 bits per heavy atom. The summed E-state index contributed by atoms with van der Waals surface area (Å²) in [6.45, 7) is 1.52. The fraction of sp³-hybridized carbons (Fsp3) is 0.538. The quantitative estimate of drug-likeness (QED) is 0.774. The molecule has 0 N–H and O–H groups in total. The third-order valence-electron chi connectivity index (χ3n) is 3.22. The molecule has 1 saturated heterocycles. The van der Waals surface area contributed by atoms with Crippen LogP contribution in [-0.2, 0) is 11.2 Å². The van der Waals surface area contributed by atoms with Crippen LogP contribution in [0.4, 0.5) is 8.78 Å². The number of rotatable bonds is 3. The standard InChI is InChI=1S/C13H15BrF2O/c14-11(9-4-6-17-7-5-9)8-10-2-1-3-12(15)13(10)16/h1-3,9,11H,4-8H2. The van der Waals surface area contributed by atoms with Crippen molar-refractivity contribution in [2.24, 2.45) is 5.92 Å². The largest absolute Gasteiger partial charge is 0.381 e. The van der Waals surface area contributed by atoms with Crippen molar-refractivity contribution in [2.45, 2.75) is 24.1 Å². The fourth-order valence-corrected chi connectivity index (χ4v) is 3.04. The topological polar surface area (TPSA) is 9.23 Å². The Morgan fingerprint density at radius 2 is 2.00 bits per heavy atom. The van der Waals surface area contributed by atoms with Gasteiger partial charge in [-0.05, 0) is 36.8 Å². The molecule has 0 aliphatic carbocycles. The van der Waals surface area contributed by atoms with Crippen LogP contribution < -0.4 is 0 Å². The van der Waals surface area contributed by atoms with Crippen LogP contribution in [0.3, 0.4) is 0 Å². The second-order valence-electron chi connectivity index (χ2n) is 4.38. The Hall–Kier alpha value is -0.480. The molecule has 1 aliphatic rings. The van der Waals surface area contributed by atoms with Gasteiger partial charge in [0.25, 0.3) is 0 Å². The number of ether oxygens (including phenoxy) is 1. The summed E-state index contributed by atoms with van der Waals surface area (Å²) < 4.78 is 31.9. The van der Waals surface area contributed by atoms with Crippen molar-refractivity contribution in [3.05, 3.63) is 35.4 Å². The average Bonchev–Trinajstić information content (AvgIpc) is 2.36. The summed E-state index contributed by atoms with van der Waals surface area (Å²) in [4.78, 5) is 0.183. The lowest BCUT2D eigenvalue weighted by molar-refractivity contribution is 0.0662. The summed E-state index contributed by atoms with van der Waals surface area (Å²) in [5.74, 6) is -1.01. The van der Waals surface area contributed by atoms with Crippen molar-refractivity contribution in [1.82, 2.24) is 0 Å². The van der Waals surface area contributed by atoms with Gasteiger partial charge in [0.1, 0.15) is 0 Å². The van der Waals surface area contributed by atoms with Crippen molar-refractivity contribution in [2.75, 3.05) is 13.2 Å². The van der Waals surface area contributed by atoms with Crippen molar-refractivity contribution in [3.63, 3.8) is 0 Å². The van der Waals surface area contributed by atoms with Crippen LogP contribution in [0, 0.1) is 17.6 Å². The van der Waals surface area contributed by atoms with Gasteiger partial charge >= 0.3 is 0 Å². The summed E-state index contributed by atoms with van der Waals surface area (Å²) >= 11 is 3.59. The van der Waals surface area contributed by atoms with Crippen LogP contribution in [-0.4, -0.2) is 18.0 Å². The molecule has 0 aromatic heterocycles. The summed E-state index contributed by atoms with van der Waals surface area (Å²) in [5, 5.41) is 0. The van der Waals surface area contributed by atoms with Gasteiger partial charge in [-0.3, -0.25) is 0 Å². The lowest BCUT2D eigenvalue weighted by atomic mass is 9.92. The first kappa shape index (κ1) is 13.0. The van der Waals surface area contributed by atoms with Crippen LogP contribution >= 0.6 is 15.9 Å². The molecule has 0 saturated carbocycles. The number of benzene rings is 1. The van der Waals surface area contributed by atoms with E-state index in [2.05, 4.69) is 15.9 Å². The first-order valence-corrected chi connectivity index (χ1v) is 6.74. The zero-order valence-corrected chi connectivity index (χ0v) is 11.1. The Bertz CT molecular complexity index is 378. The van der Waals surface area contributed by atoms with Gasteiger partial charge in [-0.15, -0.1) is 0 Å². The van der Waals surface area contributed by atoms with Crippen LogP contribution in [0.1, 0.15) is 18.4 Å². The molecule has 1 unspecified atom stereocenters. The third kappa shape index (κ3) is 3.26. The molecule has 1 heterocycles. The maximum Gasteiger partial charge on any atom is 0.162 e. The molecule has 1 aromatic rings. The zero-order chi connectivity index (χ0) is 12.3. The summed E-state index contributed by atoms with van der Waals surface area (Å²) in [7, 11) is 0. The lowest BCUT2D eigenvalue weighted by Gasteiger charge is -2.26. The van der Waals surface area contributed by atoms with Crippen LogP contribution in [0.2, 0.25) is 0 Å². The van der Waals surface area contributed by atoms with E-state index in [-0.39, 0.29) is 4.83 Å². The highest BCUT2D eigenvalue weighted by Crippen LogP contribution is 2.28. The maximum atomic E-state index is 13.5. The minimum Gasteiger partial charge on any atom is -0.381 e. The van der Waals surface area contributed by atoms with E-state index >= 15 is 0 Å². The maximum absolute atomic E-state index is 13.5. The molecule has 17 heavy (non-hydrogen) atoms. The van der Waals surface area contributed by atoms with E-state index < -0.39 is 11.6 Å². The molecular formula is C13H15BrF2O. The van der Waals surface area contributed by atoms with E-state index in [4.69, 9.17) is 4.74 Å². The van der Waals surface area contributed by atoms with Gasteiger partial charge in [0.05, 0.1) is 0 Å². The molecule has 0 radical (unpaired) electrons. The Kier molecular flexibility index (Phi) is 4.51. The molecule has 4 heteroatoms. The van der Waals surface area contributed by atoms with E-state index in [0.717, 1.165) is 32.1 Å². The van der Waals surface area contributed by atoms with Crippen LogP contribution in [0.25, 0.3) is 0 Å². The number of halogens is 3. The fourth-order valence-electron chi connectivity index (χ4n) is 2.16. The summed E-state index contributed by atoms with van der Waals surface area (Å²) in [6.07, 6.45) is 2.48. The van der Waals surface area contributed by atoms with Crippen LogP contribution in [0.15, 0.2) is 18.2 Å². The van der Waals surface area contributed by atoms with Gasteiger partial charge in [0.15, 0.2) is 11.6 Å². The van der Waals surface area contributed by atoms with Crippen molar-refractivity contribution >= 4 is 15.9 Å². The van der Waals surface area contributed by atoms with Crippen molar-refractivity contribution in [3.8, 4) is 0 Å². The number of alkyl halides is 1. The van der Waals surface area contributed by atoms with Gasteiger partial charge in [0.2, 0.25) is 0 Å². The van der Waals surface area contributed by atoms with Crippen LogP contribution in [0.5, 0.6) is 0 Å². The lowest BCUT2D eigenvalue weighted by Crippen LogP contribution is -2.25.